The minimum absolute atomic E-state index is 0.115. The number of rotatable bonds is 7. The average molecular weight is 455 g/mol. The topological polar surface area (TPSA) is 67.5 Å². The van der Waals surface area contributed by atoms with E-state index in [0.717, 1.165) is 22.6 Å². The highest BCUT2D eigenvalue weighted by Gasteiger charge is 2.26. The highest BCUT2D eigenvalue weighted by Crippen LogP contribution is 2.40. The number of carbonyl (C=O) groups is 1. The van der Waals surface area contributed by atoms with Gasteiger partial charge >= 0.3 is 0 Å². The molecule has 3 aliphatic rings. The lowest BCUT2D eigenvalue weighted by Crippen LogP contribution is -2.27. The van der Waals surface area contributed by atoms with E-state index in [2.05, 4.69) is 69.5 Å². The summed E-state index contributed by atoms with van der Waals surface area (Å²) in [7, 11) is 2.05. The molecule has 1 amide bonds. The molecule has 0 unspecified atom stereocenters. The van der Waals surface area contributed by atoms with Gasteiger partial charge in [0.05, 0.1) is 24.0 Å². The predicted molar refractivity (Wildman–Crippen MR) is 131 cm³/mol. The highest BCUT2D eigenvalue weighted by atomic mass is 16.1. The average Bonchev–Trinajstić information content (AvgIpc) is 3.77. The van der Waals surface area contributed by atoms with Gasteiger partial charge in [0.25, 0.3) is 5.91 Å². The smallest absolute Gasteiger partial charge is 0.254 e. The van der Waals surface area contributed by atoms with Crippen molar-refractivity contribution in [3.8, 4) is 0 Å². The summed E-state index contributed by atoms with van der Waals surface area (Å²) in [4.78, 5) is 19.6. The monoisotopic (exact) mass is 454 g/mol. The van der Waals surface area contributed by atoms with Crippen LogP contribution in [0.1, 0.15) is 60.1 Å². The molecule has 1 N–H and O–H groups in total. The maximum Gasteiger partial charge on any atom is 0.254 e. The third-order valence-corrected chi connectivity index (χ3v) is 6.97. The molecule has 2 aliphatic carbocycles. The van der Waals surface area contributed by atoms with E-state index >= 15 is 0 Å². The number of imidazole rings is 1. The number of hydrogen-bond acceptors (Lipinski definition) is 4. The molecule has 3 aromatic heterocycles. The molecule has 174 valence electrons. The largest absolute Gasteiger partial charge is 0.351 e. The number of fused-ring (bicyclic) bond motifs is 1. The van der Waals surface area contributed by atoms with Crippen molar-refractivity contribution in [3.63, 3.8) is 0 Å². The van der Waals surface area contributed by atoms with Crippen LogP contribution < -0.4 is 5.32 Å². The van der Waals surface area contributed by atoms with Gasteiger partial charge in [0.15, 0.2) is 0 Å². The van der Waals surface area contributed by atoms with Crippen LogP contribution in [0.4, 0.5) is 0 Å². The molecule has 7 heteroatoms. The van der Waals surface area contributed by atoms with Gasteiger partial charge in [0, 0.05) is 44.1 Å². The second-order valence-electron chi connectivity index (χ2n) is 9.85. The second-order valence-corrected chi connectivity index (χ2v) is 9.85. The SMILES string of the molecule is C/C(CNC(=O)c1cnn(Cc2cn3cc(C4CC4)ccc3n2)c1)=C1/C=C(C2CC2)C=CN1C. The van der Waals surface area contributed by atoms with E-state index in [4.69, 9.17) is 4.98 Å². The van der Waals surface area contributed by atoms with Gasteiger partial charge < -0.3 is 14.6 Å². The van der Waals surface area contributed by atoms with E-state index in [9.17, 15) is 4.79 Å². The third-order valence-electron chi connectivity index (χ3n) is 6.97. The van der Waals surface area contributed by atoms with Crippen molar-refractivity contribution < 1.29 is 4.79 Å². The highest BCUT2D eigenvalue weighted by molar-refractivity contribution is 5.93. The van der Waals surface area contributed by atoms with Crippen molar-refractivity contribution in [1.82, 2.24) is 29.4 Å². The van der Waals surface area contributed by atoms with E-state index in [1.165, 1.54) is 36.8 Å². The van der Waals surface area contributed by atoms with Gasteiger partial charge in [-0.3, -0.25) is 9.48 Å². The standard InChI is InChI=1S/C27H30N6O/c1-18(25-11-21(19-3-4-19)9-10-31(25)2)12-28-27(34)23-13-29-33(15-23)17-24-16-32-14-22(20-5-6-20)7-8-26(32)30-24/h7-11,13-16,19-20H,3-6,12,17H2,1-2H3,(H,28,34)/b25-18+. The summed E-state index contributed by atoms with van der Waals surface area (Å²) in [6.45, 7) is 3.11. The van der Waals surface area contributed by atoms with Crippen molar-refractivity contribution in [1.29, 1.82) is 0 Å². The summed E-state index contributed by atoms with van der Waals surface area (Å²) < 4.78 is 3.87. The molecule has 6 rings (SSSR count). The van der Waals surface area contributed by atoms with Crippen molar-refractivity contribution in [2.75, 3.05) is 13.6 Å². The third kappa shape index (κ3) is 4.30. The van der Waals surface area contributed by atoms with Crippen LogP contribution in [0.3, 0.4) is 0 Å². The normalized spacial score (nSPS) is 19.5. The first-order valence-electron chi connectivity index (χ1n) is 12.1. The summed E-state index contributed by atoms with van der Waals surface area (Å²) in [5.74, 6) is 1.31. The first kappa shape index (κ1) is 21.0. The first-order valence-corrected chi connectivity index (χ1v) is 12.1. The van der Waals surface area contributed by atoms with Crippen LogP contribution in [0.5, 0.6) is 0 Å². The number of carbonyl (C=O) groups excluding carboxylic acids is 1. The maximum atomic E-state index is 12.8. The quantitative estimate of drug-likeness (QED) is 0.579. The van der Waals surface area contributed by atoms with Gasteiger partial charge in [-0.2, -0.15) is 5.10 Å². The Bertz CT molecular complexity index is 1350. The van der Waals surface area contributed by atoms with Crippen molar-refractivity contribution >= 4 is 11.6 Å². The number of amides is 1. The van der Waals surface area contributed by atoms with E-state index < -0.39 is 0 Å². The Morgan fingerprint density at radius 3 is 2.74 bits per heavy atom. The number of likely N-dealkylation sites (N-methyl/N-ethyl adjacent to an activating group) is 1. The Kier molecular flexibility index (Phi) is 5.12. The minimum atomic E-state index is -0.115. The summed E-state index contributed by atoms with van der Waals surface area (Å²) in [5.41, 5.74) is 7.51. The first-order chi connectivity index (χ1) is 16.5. The summed E-state index contributed by atoms with van der Waals surface area (Å²) in [6, 6.07) is 4.26. The molecular formula is C27H30N6O. The molecule has 0 bridgehead atoms. The molecule has 2 fully saturated rings. The molecule has 0 saturated heterocycles. The fourth-order valence-corrected chi connectivity index (χ4v) is 4.62. The zero-order valence-corrected chi connectivity index (χ0v) is 19.7. The van der Waals surface area contributed by atoms with Gasteiger partial charge in [-0.1, -0.05) is 6.07 Å². The van der Waals surface area contributed by atoms with Crippen molar-refractivity contribution in [2.45, 2.75) is 45.1 Å². The van der Waals surface area contributed by atoms with Crippen LogP contribution in [-0.2, 0) is 6.54 Å². The number of pyridine rings is 1. The van der Waals surface area contributed by atoms with Crippen LogP contribution in [0, 0.1) is 5.92 Å². The Morgan fingerprint density at radius 2 is 1.94 bits per heavy atom. The summed E-state index contributed by atoms with van der Waals surface area (Å²) >= 11 is 0. The van der Waals surface area contributed by atoms with Crippen LogP contribution in [0.15, 0.2) is 72.1 Å². The molecule has 0 atom stereocenters. The number of hydrogen-bond donors (Lipinski definition) is 1. The molecule has 1 aliphatic heterocycles. The fraction of sp³-hybridized carbons (Fsp3) is 0.370. The van der Waals surface area contributed by atoms with Crippen molar-refractivity contribution in [3.05, 3.63) is 88.9 Å². The number of nitrogens with zero attached hydrogens (tertiary/aromatic N) is 5. The van der Waals surface area contributed by atoms with Gasteiger partial charge in [0.1, 0.15) is 5.65 Å². The van der Waals surface area contributed by atoms with Crippen molar-refractivity contribution in [2.24, 2.45) is 5.92 Å². The second kappa shape index (κ2) is 8.31. The molecule has 0 radical (unpaired) electrons. The van der Waals surface area contributed by atoms with E-state index in [1.807, 2.05) is 7.05 Å². The van der Waals surface area contributed by atoms with Crippen LogP contribution in [-0.4, -0.2) is 43.6 Å². The minimum Gasteiger partial charge on any atom is -0.351 e. The lowest BCUT2D eigenvalue weighted by atomic mass is 10.0. The number of allylic oxidation sites excluding steroid dienone is 3. The number of nitrogens with one attached hydrogen (secondary N) is 1. The molecule has 7 nitrogen and oxygen atoms in total. The molecule has 34 heavy (non-hydrogen) atoms. The van der Waals surface area contributed by atoms with Gasteiger partial charge in [-0.15, -0.1) is 0 Å². The molecule has 0 aromatic carbocycles. The Hall–Kier alpha value is -3.61. The molecule has 2 saturated carbocycles. The fourth-order valence-electron chi connectivity index (χ4n) is 4.62. The molecule has 4 heterocycles. The van der Waals surface area contributed by atoms with Gasteiger partial charge in [-0.05, 0) is 79.4 Å². The van der Waals surface area contributed by atoms with Crippen LogP contribution >= 0.6 is 0 Å². The van der Waals surface area contributed by atoms with Crippen LogP contribution in [0.25, 0.3) is 5.65 Å². The molecule has 3 aromatic rings. The molecule has 0 spiro atoms. The Balaban J connectivity index is 1.10. The Labute approximate surface area is 199 Å². The summed E-state index contributed by atoms with van der Waals surface area (Å²) in [6.07, 6.45) is 19.4. The molecular weight excluding hydrogens is 424 g/mol. The lowest BCUT2D eigenvalue weighted by Gasteiger charge is -2.23. The Morgan fingerprint density at radius 1 is 1.12 bits per heavy atom. The summed E-state index contributed by atoms with van der Waals surface area (Å²) in [5, 5.41) is 7.44. The predicted octanol–water partition coefficient (Wildman–Crippen LogP) is 4.26. The maximum absolute atomic E-state index is 12.8. The van der Waals surface area contributed by atoms with E-state index in [1.54, 1.807) is 17.1 Å². The zero-order valence-electron chi connectivity index (χ0n) is 19.7. The van der Waals surface area contributed by atoms with Gasteiger partial charge in [-0.25, -0.2) is 4.98 Å². The lowest BCUT2D eigenvalue weighted by molar-refractivity contribution is 0.0956. The van der Waals surface area contributed by atoms with Crippen LogP contribution in [0.2, 0.25) is 0 Å². The van der Waals surface area contributed by atoms with Gasteiger partial charge in [0.2, 0.25) is 0 Å². The van der Waals surface area contributed by atoms with E-state index in [0.29, 0.717) is 30.5 Å². The zero-order chi connectivity index (χ0) is 23.2. The number of aromatic nitrogens is 4. The van der Waals surface area contributed by atoms with E-state index in [-0.39, 0.29) is 5.91 Å².